The highest BCUT2D eigenvalue weighted by Gasteiger charge is 2.24. The Balaban J connectivity index is 1.57. The molecule has 1 fully saturated rings. The lowest BCUT2D eigenvalue weighted by Gasteiger charge is -2.29. The fourth-order valence-corrected chi connectivity index (χ4v) is 3.99. The molecule has 3 heterocycles. The number of aliphatic hydroxyl groups excluding tert-OH is 1. The third kappa shape index (κ3) is 5.16. The van der Waals surface area contributed by atoms with Gasteiger partial charge < -0.3 is 25.7 Å². The van der Waals surface area contributed by atoms with Gasteiger partial charge in [0.25, 0.3) is 0 Å². The second kappa shape index (κ2) is 9.76. The number of phenolic OH excluding ortho intramolecular Hbond substituents is 1. The summed E-state index contributed by atoms with van der Waals surface area (Å²) < 4.78 is 0. The molecular weight excluding hydrogens is 416 g/mol. The van der Waals surface area contributed by atoms with E-state index in [9.17, 15) is 10.2 Å². The van der Waals surface area contributed by atoms with Crippen molar-refractivity contribution >= 4 is 17.2 Å². The molecule has 8 nitrogen and oxygen atoms in total. The van der Waals surface area contributed by atoms with E-state index in [4.69, 9.17) is 5.73 Å². The molecule has 0 aliphatic carbocycles. The van der Waals surface area contributed by atoms with E-state index in [0.717, 1.165) is 37.4 Å². The number of rotatable bonds is 3. The highest BCUT2D eigenvalue weighted by Crippen LogP contribution is 2.32. The Labute approximate surface area is 193 Å². The van der Waals surface area contributed by atoms with Gasteiger partial charge in [0.15, 0.2) is 5.82 Å². The maximum atomic E-state index is 10.2. The second-order valence-corrected chi connectivity index (χ2v) is 8.18. The van der Waals surface area contributed by atoms with Gasteiger partial charge in [-0.15, -0.1) is 10.2 Å². The Morgan fingerprint density at radius 1 is 1.12 bits per heavy atom. The number of aromatic hydroxyl groups is 1. The van der Waals surface area contributed by atoms with Crippen LogP contribution in [0, 0.1) is 11.8 Å². The average Bonchev–Trinajstić information content (AvgIpc) is 3.00. The van der Waals surface area contributed by atoms with Gasteiger partial charge in [-0.05, 0) is 56.5 Å². The Kier molecular flexibility index (Phi) is 6.61. The molecule has 4 N–H and O–H groups in total. The van der Waals surface area contributed by atoms with E-state index in [0.29, 0.717) is 28.8 Å². The molecule has 33 heavy (non-hydrogen) atoms. The number of phenols is 1. The van der Waals surface area contributed by atoms with Gasteiger partial charge in [-0.2, -0.15) is 0 Å². The first-order valence-corrected chi connectivity index (χ1v) is 11.0. The van der Waals surface area contributed by atoms with Crippen molar-refractivity contribution < 1.29 is 10.2 Å². The molecule has 0 bridgehead atoms. The van der Waals surface area contributed by atoms with E-state index >= 15 is 0 Å². The fraction of sp³-hybridized carbons (Fsp3) is 0.320. The number of benzene rings is 1. The summed E-state index contributed by atoms with van der Waals surface area (Å²) in [5.41, 5.74) is 9.92. The summed E-state index contributed by atoms with van der Waals surface area (Å²) in [4.78, 5) is 8.86. The molecule has 1 aromatic carbocycles. The molecule has 0 radical (unpaired) electrons. The van der Waals surface area contributed by atoms with Gasteiger partial charge in [0, 0.05) is 43.1 Å². The minimum atomic E-state index is -0.691. The lowest BCUT2D eigenvalue weighted by molar-refractivity contribution is 0.253. The van der Waals surface area contributed by atoms with Crippen LogP contribution in [0.2, 0.25) is 0 Å². The minimum Gasteiger partial charge on any atom is -0.507 e. The molecule has 1 aliphatic heterocycles. The van der Waals surface area contributed by atoms with Crippen LogP contribution in [0.5, 0.6) is 5.75 Å². The highest BCUT2D eigenvalue weighted by molar-refractivity contribution is 5.74. The van der Waals surface area contributed by atoms with Crippen molar-refractivity contribution in [2.45, 2.75) is 32.4 Å². The highest BCUT2D eigenvalue weighted by atomic mass is 16.3. The molecule has 2 unspecified atom stereocenters. The quantitative estimate of drug-likeness (QED) is 0.529. The number of hydrogen-bond acceptors (Lipinski definition) is 8. The summed E-state index contributed by atoms with van der Waals surface area (Å²) in [5.74, 6) is 6.19. The number of nitrogens with zero attached hydrogens (tertiary/aromatic N) is 5. The monoisotopic (exact) mass is 444 g/mol. The van der Waals surface area contributed by atoms with E-state index < -0.39 is 6.10 Å². The van der Waals surface area contributed by atoms with E-state index in [2.05, 4.69) is 43.7 Å². The normalized spacial score (nSPS) is 17.1. The first kappa shape index (κ1) is 22.4. The lowest BCUT2D eigenvalue weighted by Crippen LogP contribution is -2.35. The summed E-state index contributed by atoms with van der Waals surface area (Å²) in [6, 6.07) is 13.2. The number of aromatic nitrogens is 3. The Morgan fingerprint density at radius 2 is 1.94 bits per heavy atom. The van der Waals surface area contributed by atoms with Crippen molar-refractivity contribution in [1.82, 2.24) is 15.2 Å². The zero-order valence-corrected chi connectivity index (χ0v) is 18.8. The molecule has 0 spiro atoms. The zero-order chi connectivity index (χ0) is 23.4. The van der Waals surface area contributed by atoms with Gasteiger partial charge in [0.1, 0.15) is 17.5 Å². The number of para-hydroxylation sites is 1. The third-order valence-corrected chi connectivity index (χ3v) is 5.77. The topological polar surface area (TPSA) is 112 Å². The van der Waals surface area contributed by atoms with Crippen LogP contribution < -0.4 is 15.5 Å². The Morgan fingerprint density at radius 3 is 2.73 bits per heavy atom. The van der Waals surface area contributed by atoms with Crippen LogP contribution in [-0.2, 0) is 0 Å². The van der Waals surface area contributed by atoms with Gasteiger partial charge in [-0.3, -0.25) is 0 Å². The van der Waals surface area contributed by atoms with Gasteiger partial charge in [0.05, 0.1) is 11.4 Å². The molecule has 1 saturated heterocycles. The number of aliphatic hydroxyl groups is 1. The van der Waals surface area contributed by atoms with Crippen LogP contribution >= 0.6 is 0 Å². The van der Waals surface area contributed by atoms with Crippen LogP contribution in [0.15, 0.2) is 48.7 Å². The first-order valence-electron chi connectivity index (χ1n) is 11.0. The molecule has 2 aromatic heterocycles. The summed E-state index contributed by atoms with van der Waals surface area (Å²) in [7, 11) is 0. The molecule has 4 rings (SSSR count). The van der Waals surface area contributed by atoms with E-state index in [1.165, 1.54) is 0 Å². The van der Waals surface area contributed by atoms with Crippen molar-refractivity contribution in [3.05, 3.63) is 54.4 Å². The number of nitrogen functional groups attached to an aromatic ring is 1. The molecule has 1 aliphatic rings. The summed E-state index contributed by atoms with van der Waals surface area (Å²) in [5, 5.41) is 28.0. The minimum absolute atomic E-state index is 0.158. The predicted molar refractivity (Wildman–Crippen MR) is 130 cm³/mol. The van der Waals surface area contributed by atoms with E-state index in [-0.39, 0.29) is 5.75 Å². The van der Waals surface area contributed by atoms with Gasteiger partial charge in [-0.25, -0.2) is 4.98 Å². The SMILES string of the molecule is CC(O)C#Cc1cc(N2CCN(c3cc(-c4ccccc4O)nnc3N)CCC2C)ccn1. The summed E-state index contributed by atoms with van der Waals surface area (Å²) >= 11 is 0. The van der Waals surface area contributed by atoms with Crippen molar-refractivity contribution in [1.29, 1.82) is 0 Å². The summed E-state index contributed by atoms with van der Waals surface area (Å²) in [6.07, 6.45) is 1.98. The molecule has 3 aromatic rings. The molecule has 0 amide bonds. The smallest absolute Gasteiger partial charge is 0.169 e. The van der Waals surface area contributed by atoms with Crippen molar-refractivity contribution in [3.8, 4) is 28.8 Å². The standard InChI is InChI=1S/C25H28N6O2/c1-17-10-12-30(13-14-31(17)20-9-11-27-19(15-20)8-7-18(2)32)23-16-22(28-29-25(23)26)21-5-3-4-6-24(21)33/h3-6,9,11,15-18,32-33H,10,12-14H2,1-2H3,(H2,26,29). The first-order chi connectivity index (χ1) is 15.9. The Bertz CT molecular complexity index is 1190. The molecule has 0 saturated carbocycles. The number of pyridine rings is 1. The lowest BCUT2D eigenvalue weighted by atomic mass is 10.1. The molecular formula is C25H28N6O2. The van der Waals surface area contributed by atoms with Crippen LogP contribution in [-0.4, -0.2) is 57.2 Å². The van der Waals surface area contributed by atoms with Crippen LogP contribution in [0.4, 0.5) is 17.2 Å². The summed E-state index contributed by atoms with van der Waals surface area (Å²) in [6.45, 7) is 6.17. The van der Waals surface area contributed by atoms with Crippen LogP contribution in [0.25, 0.3) is 11.3 Å². The van der Waals surface area contributed by atoms with Crippen molar-refractivity contribution in [2.75, 3.05) is 35.2 Å². The van der Waals surface area contributed by atoms with Gasteiger partial charge in [-0.1, -0.05) is 18.1 Å². The molecule has 170 valence electrons. The maximum absolute atomic E-state index is 10.2. The largest absolute Gasteiger partial charge is 0.507 e. The van der Waals surface area contributed by atoms with Gasteiger partial charge in [0.2, 0.25) is 0 Å². The van der Waals surface area contributed by atoms with Crippen LogP contribution in [0.1, 0.15) is 26.0 Å². The molecule has 2 atom stereocenters. The van der Waals surface area contributed by atoms with E-state index in [1.54, 1.807) is 25.3 Å². The van der Waals surface area contributed by atoms with Gasteiger partial charge >= 0.3 is 0 Å². The number of hydrogen-bond donors (Lipinski definition) is 3. The maximum Gasteiger partial charge on any atom is 0.169 e. The van der Waals surface area contributed by atoms with Crippen LogP contribution in [0.3, 0.4) is 0 Å². The van der Waals surface area contributed by atoms with Crippen molar-refractivity contribution in [2.24, 2.45) is 0 Å². The number of nitrogens with two attached hydrogens (primary N) is 1. The fourth-order valence-electron chi connectivity index (χ4n) is 3.99. The predicted octanol–water partition coefficient (Wildman–Crippen LogP) is 2.66. The molecule has 8 heteroatoms. The average molecular weight is 445 g/mol. The second-order valence-electron chi connectivity index (χ2n) is 8.18. The van der Waals surface area contributed by atoms with E-state index in [1.807, 2.05) is 30.3 Å². The number of anilines is 3. The van der Waals surface area contributed by atoms with Crippen molar-refractivity contribution in [3.63, 3.8) is 0 Å². The third-order valence-electron chi connectivity index (χ3n) is 5.77. The zero-order valence-electron chi connectivity index (χ0n) is 18.8. The Hall–Kier alpha value is -3.83.